The molecule has 1 fully saturated rings. The maximum absolute atomic E-state index is 5.45. The van der Waals surface area contributed by atoms with Crippen LogP contribution in [0.5, 0.6) is 11.5 Å². The van der Waals surface area contributed by atoms with Crippen molar-refractivity contribution in [3.8, 4) is 11.5 Å². The van der Waals surface area contributed by atoms with Gasteiger partial charge in [-0.25, -0.2) is 0 Å². The van der Waals surface area contributed by atoms with Crippen molar-refractivity contribution in [2.24, 2.45) is 0 Å². The first-order valence-corrected chi connectivity index (χ1v) is 7.18. The Kier molecular flexibility index (Phi) is 5.26. The Hall–Kier alpha value is -1.26. The fourth-order valence-corrected chi connectivity index (χ4v) is 2.93. The minimum Gasteiger partial charge on any atom is -0.497 e. The summed E-state index contributed by atoms with van der Waals surface area (Å²) < 4.78 is 16.2. The number of nitrogens with one attached hydrogen (secondary N) is 1. The molecule has 0 radical (unpaired) electrons. The Balaban J connectivity index is 2.06. The summed E-state index contributed by atoms with van der Waals surface area (Å²) >= 11 is 0. The average molecular weight is 279 g/mol. The van der Waals surface area contributed by atoms with Gasteiger partial charge in [-0.1, -0.05) is 0 Å². The Bertz CT molecular complexity index is 436. The monoisotopic (exact) mass is 279 g/mol. The first kappa shape index (κ1) is 15.1. The summed E-state index contributed by atoms with van der Waals surface area (Å²) in [7, 11) is 5.18. The molecule has 3 unspecified atom stereocenters. The molecule has 1 aliphatic rings. The molecule has 112 valence electrons. The zero-order valence-electron chi connectivity index (χ0n) is 12.8. The summed E-state index contributed by atoms with van der Waals surface area (Å²) in [5.74, 6) is 1.75. The standard InChI is InChI=1S/C16H25NO3/c1-11(17-12-5-6-13(9-12)18-2)15-10-14(19-3)7-8-16(15)20-4/h7-8,10-13,17H,5-6,9H2,1-4H3. The topological polar surface area (TPSA) is 39.7 Å². The van der Waals surface area contributed by atoms with E-state index >= 15 is 0 Å². The van der Waals surface area contributed by atoms with Crippen LogP contribution in [0.1, 0.15) is 37.8 Å². The molecule has 1 aliphatic carbocycles. The number of hydrogen-bond donors (Lipinski definition) is 1. The van der Waals surface area contributed by atoms with Gasteiger partial charge in [0.2, 0.25) is 0 Å². The smallest absolute Gasteiger partial charge is 0.123 e. The van der Waals surface area contributed by atoms with Gasteiger partial charge in [0.15, 0.2) is 0 Å². The van der Waals surface area contributed by atoms with E-state index in [1.807, 2.05) is 18.2 Å². The van der Waals surface area contributed by atoms with Crippen LogP contribution in [0.25, 0.3) is 0 Å². The molecule has 1 saturated carbocycles. The summed E-state index contributed by atoms with van der Waals surface area (Å²) in [5, 5.41) is 3.67. The van der Waals surface area contributed by atoms with Gasteiger partial charge in [0, 0.05) is 24.8 Å². The normalized spacial score (nSPS) is 23.6. The van der Waals surface area contributed by atoms with Crippen LogP contribution < -0.4 is 14.8 Å². The van der Waals surface area contributed by atoms with Gasteiger partial charge < -0.3 is 19.5 Å². The highest BCUT2D eigenvalue weighted by atomic mass is 16.5. The van der Waals surface area contributed by atoms with Crippen molar-refractivity contribution in [3.63, 3.8) is 0 Å². The molecule has 0 heterocycles. The van der Waals surface area contributed by atoms with Crippen LogP contribution in [0.15, 0.2) is 18.2 Å². The summed E-state index contributed by atoms with van der Waals surface area (Å²) in [6, 6.07) is 6.65. The highest BCUT2D eigenvalue weighted by Gasteiger charge is 2.26. The molecular formula is C16H25NO3. The van der Waals surface area contributed by atoms with E-state index in [2.05, 4.69) is 12.2 Å². The Morgan fingerprint density at radius 3 is 2.55 bits per heavy atom. The van der Waals surface area contributed by atoms with Crippen molar-refractivity contribution in [3.05, 3.63) is 23.8 Å². The SMILES string of the molecule is COc1ccc(OC)c(C(C)NC2CCC(OC)C2)c1. The van der Waals surface area contributed by atoms with Crippen molar-refractivity contribution in [1.82, 2.24) is 5.32 Å². The number of benzene rings is 1. The van der Waals surface area contributed by atoms with Crippen molar-refractivity contribution < 1.29 is 14.2 Å². The van der Waals surface area contributed by atoms with E-state index in [1.54, 1.807) is 21.3 Å². The zero-order chi connectivity index (χ0) is 14.5. The van der Waals surface area contributed by atoms with Crippen LogP contribution in [-0.4, -0.2) is 33.5 Å². The minimum absolute atomic E-state index is 0.223. The molecule has 0 spiro atoms. The second-order valence-corrected chi connectivity index (χ2v) is 5.36. The third kappa shape index (κ3) is 3.44. The van der Waals surface area contributed by atoms with E-state index in [1.165, 1.54) is 0 Å². The number of hydrogen-bond acceptors (Lipinski definition) is 4. The molecular weight excluding hydrogens is 254 g/mol. The second-order valence-electron chi connectivity index (χ2n) is 5.36. The van der Waals surface area contributed by atoms with Gasteiger partial charge in [0.25, 0.3) is 0 Å². The summed E-state index contributed by atoms with van der Waals surface area (Å²) in [5.41, 5.74) is 1.13. The summed E-state index contributed by atoms with van der Waals surface area (Å²) in [6.07, 6.45) is 3.77. The lowest BCUT2D eigenvalue weighted by molar-refractivity contribution is 0.106. The molecule has 1 aromatic rings. The lowest BCUT2D eigenvalue weighted by atomic mass is 10.1. The van der Waals surface area contributed by atoms with Crippen LogP contribution >= 0.6 is 0 Å². The van der Waals surface area contributed by atoms with E-state index in [0.29, 0.717) is 12.1 Å². The predicted octanol–water partition coefficient (Wildman–Crippen LogP) is 2.92. The van der Waals surface area contributed by atoms with Gasteiger partial charge >= 0.3 is 0 Å². The lowest BCUT2D eigenvalue weighted by Gasteiger charge is -2.22. The summed E-state index contributed by atoms with van der Waals surface area (Å²) in [4.78, 5) is 0. The van der Waals surface area contributed by atoms with Crippen LogP contribution in [0, 0.1) is 0 Å². The molecule has 3 atom stereocenters. The van der Waals surface area contributed by atoms with Crippen LogP contribution in [0.4, 0.5) is 0 Å². The molecule has 2 rings (SSSR count). The van der Waals surface area contributed by atoms with Gasteiger partial charge in [-0.2, -0.15) is 0 Å². The third-order valence-electron chi connectivity index (χ3n) is 4.11. The van der Waals surface area contributed by atoms with Gasteiger partial charge in [-0.05, 0) is 44.4 Å². The molecule has 1 aromatic carbocycles. The van der Waals surface area contributed by atoms with Crippen LogP contribution in [-0.2, 0) is 4.74 Å². The molecule has 0 amide bonds. The number of ether oxygens (including phenoxy) is 3. The van der Waals surface area contributed by atoms with Crippen molar-refractivity contribution in [2.75, 3.05) is 21.3 Å². The molecule has 4 heteroatoms. The molecule has 0 aromatic heterocycles. The first-order chi connectivity index (χ1) is 9.67. The zero-order valence-corrected chi connectivity index (χ0v) is 12.8. The Morgan fingerprint density at radius 2 is 1.95 bits per heavy atom. The number of methoxy groups -OCH3 is 3. The highest BCUT2D eigenvalue weighted by Crippen LogP contribution is 2.31. The van der Waals surface area contributed by atoms with Gasteiger partial charge in [-0.3, -0.25) is 0 Å². The van der Waals surface area contributed by atoms with Gasteiger partial charge in [-0.15, -0.1) is 0 Å². The Labute approximate surface area is 121 Å². The largest absolute Gasteiger partial charge is 0.497 e. The minimum atomic E-state index is 0.223. The quantitative estimate of drug-likeness (QED) is 0.869. The highest BCUT2D eigenvalue weighted by molar-refractivity contribution is 5.42. The third-order valence-corrected chi connectivity index (χ3v) is 4.11. The van der Waals surface area contributed by atoms with Crippen molar-refractivity contribution in [1.29, 1.82) is 0 Å². The van der Waals surface area contributed by atoms with Crippen LogP contribution in [0.3, 0.4) is 0 Å². The molecule has 20 heavy (non-hydrogen) atoms. The predicted molar refractivity (Wildman–Crippen MR) is 79.5 cm³/mol. The van der Waals surface area contributed by atoms with E-state index < -0.39 is 0 Å². The molecule has 4 nitrogen and oxygen atoms in total. The average Bonchev–Trinajstić information content (AvgIpc) is 2.94. The maximum Gasteiger partial charge on any atom is 0.123 e. The van der Waals surface area contributed by atoms with Crippen LogP contribution in [0.2, 0.25) is 0 Å². The maximum atomic E-state index is 5.45. The fraction of sp³-hybridized carbons (Fsp3) is 0.625. The van der Waals surface area contributed by atoms with E-state index in [4.69, 9.17) is 14.2 Å². The van der Waals surface area contributed by atoms with Crippen molar-refractivity contribution in [2.45, 2.75) is 44.4 Å². The van der Waals surface area contributed by atoms with E-state index in [-0.39, 0.29) is 6.04 Å². The molecule has 0 saturated heterocycles. The number of rotatable bonds is 6. The van der Waals surface area contributed by atoms with Gasteiger partial charge in [0.1, 0.15) is 11.5 Å². The Morgan fingerprint density at radius 1 is 1.15 bits per heavy atom. The summed E-state index contributed by atoms with van der Waals surface area (Å²) in [6.45, 7) is 2.16. The van der Waals surface area contributed by atoms with E-state index in [0.717, 1.165) is 36.3 Å². The first-order valence-electron chi connectivity index (χ1n) is 7.18. The van der Waals surface area contributed by atoms with Gasteiger partial charge in [0.05, 0.1) is 20.3 Å². The van der Waals surface area contributed by atoms with Crippen molar-refractivity contribution >= 4 is 0 Å². The fourth-order valence-electron chi connectivity index (χ4n) is 2.93. The molecule has 1 N–H and O–H groups in total. The molecule has 0 aliphatic heterocycles. The second kappa shape index (κ2) is 6.95. The lowest BCUT2D eigenvalue weighted by Crippen LogP contribution is -2.30. The van der Waals surface area contributed by atoms with E-state index in [9.17, 15) is 0 Å². The molecule has 0 bridgehead atoms.